The van der Waals surface area contributed by atoms with Crippen molar-refractivity contribution in [3.63, 3.8) is 0 Å². The first-order valence-corrected chi connectivity index (χ1v) is 11.0. The van der Waals surface area contributed by atoms with Gasteiger partial charge < -0.3 is 24.4 Å². The van der Waals surface area contributed by atoms with E-state index in [-0.39, 0.29) is 18.7 Å². The Hall–Kier alpha value is -1.34. The molecular formula is C22H35ClN2O4. The van der Waals surface area contributed by atoms with Crippen LogP contribution >= 0.6 is 11.6 Å². The molecule has 0 aromatic heterocycles. The van der Waals surface area contributed by atoms with Gasteiger partial charge in [-0.1, -0.05) is 18.5 Å². The molecule has 0 saturated heterocycles. The van der Waals surface area contributed by atoms with Crippen LogP contribution in [0.4, 0.5) is 4.79 Å². The largest absolute Gasteiger partial charge is 0.415 e. The lowest BCUT2D eigenvalue weighted by molar-refractivity contribution is 0.0625. The number of rotatable bonds is 11. The normalized spacial score (nSPS) is 19.3. The molecule has 1 saturated carbocycles. The first kappa shape index (κ1) is 23.9. The van der Waals surface area contributed by atoms with E-state index in [1.807, 2.05) is 7.05 Å². The van der Waals surface area contributed by atoms with Crippen LogP contribution < -0.4 is 4.74 Å². The number of aliphatic hydroxyl groups is 1. The Morgan fingerprint density at radius 3 is 2.48 bits per heavy atom. The van der Waals surface area contributed by atoms with Gasteiger partial charge in [-0.15, -0.1) is 0 Å². The summed E-state index contributed by atoms with van der Waals surface area (Å²) in [5, 5.41) is 9.63. The number of halogens is 1. The van der Waals surface area contributed by atoms with Gasteiger partial charge >= 0.3 is 6.09 Å². The predicted octanol–water partition coefficient (Wildman–Crippen LogP) is 4.05. The van der Waals surface area contributed by atoms with Crippen LogP contribution in [0.5, 0.6) is 5.75 Å². The molecule has 1 aliphatic rings. The quantitative estimate of drug-likeness (QED) is 0.541. The standard InChI is InChI=1S/C22H35ClN2O4/c1-3-25(14-15-26)13-4-16-28-17-18-5-9-20(10-6-18)24(2)22(27)29-21-11-7-19(23)8-12-21/h7-8,11-12,18,20,26H,3-6,9-10,13-17H2,1-2H3/t18-,20-. The average molecular weight is 427 g/mol. The highest BCUT2D eigenvalue weighted by molar-refractivity contribution is 6.30. The van der Waals surface area contributed by atoms with E-state index in [0.717, 1.165) is 65.0 Å². The second-order valence-corrected chi connectivity index (χ2v) is 8.13. The van der Waals surface area contributed by atoms with E-state index in [9.17, 15) is 4.79 Å². The lowest BCUT2D eigenvalue weighted by Crippen LogP contribution is -2.41. The van der Waals surface area contributed by atoms with E-state index in [4.69, 9.17) is 26.2 Å². The second kappa shape index (κ2) is 13.1. The van der Waals surface area contributed by atoms with Gasteiger partial charge in [-0.2, -0.15) is 0 Å². The number of hydrogen-bond donors (Lipinski definition) is 1. The minimum absolute atomic E-state index is 0.208. The molecule has 1 aromatic rings. The number of amides is 1. The monoisotopic (exact) mass is 426 g/mol. The second-order valence-electron chi connectivity index (χ2n) is 7.69. The molecule has 29 heavy (non-hydrogen) atoms. The molecule has 0 bridgehead atoms. The number of benzene rings is 1. The zero-order valence-electron chi connectivity index (χ0n) is 17.7. The number of hydrogen-bond acceptors (Lipinski definition) is 5. The summed E-state index contributed by atoms with van der Waals surface area (Å²) < 4.78 is 11.3. The van der Waals surface area contributed by atoms with Crippen molar-refractivity contribution in [3.05, 3.63) is 29.3 Å². The Bertz CT molecular complexity index is 591. The number of aliphatic hydroxyl groups excluding tert-OH is 1. The van der Waals surface area contributed by atoms with Crippen molar-refractivity contribution < 1.29 is 19.4 Å². The molecular weight excluding hydrogens is 392 g/mol. The van der Waals surface area contributed by atoms with Crippen molar-refractivity contribution in [2.24, 2.45) is 5.92 Å². The van der Waals surface area contributed by atoms with Crippen LogP contribution in [0.2, 0.25) is 5.02 Å². The highest BCUT2D eigenvalue weighted by atomic mass is 35.5. The Morgan fingerprint density at radius 1 is 1.17 bits per heavy atom. The highest BCUT2D eigenvalue weighted by Gasteiger charge is 2.27. The first-order valence-electron chi connectivity index (χ1n) is 10.6. The Balaban J connectivity index is 1.61. The molecule has 1 aliphatic carbocycles. The van der Waals surface area contributed by atoms with Crippen molar-refractivity contribution in [3.8, 4) is 5.75 Å². The van der Waals surface area contributed by atoms with Crippen molar-refractivity contribution >= 4 is 17.7 Å². The molecule has 0 radical (unpaired) electrons. The number of carbonyl (C=O) groups is 1. The molecule has 2 rings (SSSR count). The van der Waals surface area contributed by atoms with Gasteiger partial charge in [-0.05, 0) is 68.8 Å². The summed E-state index contributed by atoms with van der Waals surface area (Å²) in [4.78, 5) is 16.3. The van der Waals surface area contributed by atoms with E-state index in [0.29, 0.717) is 16.7 Å². The van der Waals surface area contributed by atoms with Gasteiger partial charge in [-0.3, -0.25) is 0 Å². The fourth-order valence-electron chi connectivity index (χ4n) is 3.73. The summed E-state index contributed by atoms with van der Waals surface area (Å²) in [6.07, 6.45) is 4.74. The van der Waals surface area contributed by atoms with Crippen LogP contribution in [-0.4, -0.2) is 73.5 Å². The molecule has 0 atom stereocenters. The van der Waals surface area contributed by atoms with Crippen LogP contribution in [-0.2, 0) is 4.74 Å². The van der Waals surface area contributed by atoms with E-state index < -0.39 is 0 Å². The van der Waals surface area contributed by atoms with E-state index in [2.05, 4.69) is 11.8 Å². The molecule has 1 amide bonds. The lowest BCUT2D eigenvalue weighted by Gasteiger charge is -2.34. The van der Waals surface area contributed by atoms with Crippen molar-refractivity contribution in [2.75, 3.05) is 46.5 Å². The van der Waals surface area contributed by atoms with Crippen LogP contribution in [0.3, 0.4) is 0 Å². The molecule has 0 heterocycles. The van der Waals surface area contributed by atoms with E-state index in [1.54, 1.807) is 29.2 Å². The van der Waals surface area contributed by atoms with Crippen molar-refractivity contribution in [1.82, 2.24) is 9.80 Å². The third kappa shape index (κ3) is 8.51. The maximum Gasteiger partial charge on any atom is 0.415 e. The van der Waals surface area contributed by atoms with Crippen LogP contribution in [0.1, 0.15) is 39.0 Å². The molecule has 1 fully saturated rings. The fraction of sp³-hybridized carbons (Fsp3) is 0.682. The van der Waals surface area contributed by atoms with Gasteiger partial charge in [-0.25, -0.2) is 4.79 Å². The van der Waals surface area contributed by atoms with Crippen molar-refractivity contribution in [1.29, 1.82) is 0 Å². The van der Waals surface area contributed by atoms with Gasteiger partial charge in [0.1, 0.15) is 5.75 Å². The zero-order valence-corrected chi connectivity index (χ0v) is 18.4. The Labute approximate surface area is 179 Å². The molecule has 1 aromatic carbocycles. The van der Waals surface area contributed by atoms with Crippen molar-refractivity contribution in [2.45, 2.75) is 45.1 Å². The molecule has 164 valence electrons. The molecule has 0 aliphatic heterocycles. The van der Waals surface area contributed by atoms with Gasteiger partial charge in [0.25, 0.3) is 0 Å². The van der Waals surface area contributed by atoms with Crippen LogP contribution in [0.25, 0.3) is 0 Å². The summed E-state index contributed by atoms with van der Waals surface area (Å²) in [6.45, 7) is 6.52. The summed E-state index contributed by atoms with van der Waals surface area (Å²) in [7, 11) is 1.81. The van der Waals surface area contributed by atoms with E-state index >= 15 is 0 Å². The summed E-state index contributed by atoms with van der Waals surface area (Å²) >= 11 is 5.86. The Kier molecular flexibility index (Phi) is 10.8. The van der Waals surface area contributed by atoms with Crippen LogP contribution in [0.15, 0.2) is 24.3 Å². The first-order chi connectivity index (χ1) is 14.0. The number of ether oxygens (including phenoxy) is 2. The smallest absolute Gasteiger partial charge is 0.410 e. The minimum atomic E-state index is -0.324. The number of likely N-dealkylation sites (N-methyl/N-ethyl adjacent to an activating group) is 1. The predicted molar refractivity (Wildman–Crippen MR) is 116 cm³/mol. The topological polar surface area (TPSA) is 62.2 Å². The summed E-state index contributed by atoms with van der Waals surface area (Å²) in [6, 6.07) is 7.03. The highest BCUT2D eigenvalue weighted by Crippen LogP contribution is 2.28. The fourth-order valence-corrected chi connectivity index (χ4v) is 3.86. The minimum Gasteiger partial charge on any atom is -0.410 e. The molecule has 0 unspecified atom stereocenters. The summed E-state index contributed by atoms with van der Waals surface area (Å²) in [5.41, 5.74) is 0. The lowest BCUT2D eigenvalue weighted by atomic mass is 9.86. The van der Waals surface area contributed by atoms with Gasteiger partial charge in [0.15, 0.2) is 0 Å². The maximum absolute atomic E-state index is 12.4. The molecule has 1 N–H and O–H groups in total. The van der Waals surface area contributed by atoms with Crippen LogP contribution in [0, 0.1) is 5.92 Å². The third-order valence-electron chi connectivity index (χ3n) is 5.65. The summed E-state index contributed by atoms with van der Waals surface area (Å²) in [5.74, 6) is 1.07. The number of nitrogens with zero attached hydrogens (tertiary/aromatic N) is 2. The third-order valence-corrected chi connectivity index (χ3v) is 5.90. The Morgan fingerprint density at radius 2 is 1.86 bits per heavy atom. The molecule has 7 heteroatoms. The van der Waals surface area contributed by atoms with Gasteiger partial charge in [0, 0.05) is 44.4 Å². The van der Waals surface area contributed by atoms with Gasteiger partial charge in [0.05, 0.1) is 6.61 Å². The number of carbonyl (C=O) groups excluding carboxylic acids is 1. The molecule has 0 spiro atoms. The average Bonchev–Trinajstić information content (AvgIpc) is 2.74. The van der Waals surface area contributed by atoms with Gasteiger partial charge in [0.2, 0.25) is 0 Å². The maximum atomic E-state index is 12.4. The SMILES string of the molecule is CCN(CCO)CCCOC[C@H]1CC[C@H](N(C)C(=O)Oc2ccc(Cl)cc2)CC1. The van der Waals surface area contributed by atoms with E-state index in [1.165, 1.54) is 0 Å². The molecule has 6 nitrogen and oxygen atoms in total. The zero-order chi connectivity index (χ0) is 21.1.